The summed E-state index contributed by atoms with van der Waals surface area (Å²) in [4.78, 5) is 23.8. The van der Waals surface area contributed by atoms with E-state index in [1.165, 1.54) is 0 Å². The van der Waals surface area contributed by atoms with Crippen LogP contribution in [0, 0.1) is 11.3 Å². The van der Waals surface area contributed by atoms with Gasteiger partial charge in [0, 0.05) is 5.92 Å². The molecule has 2 aliphatic carbocycles. The van der Waals surface area contributed by atoms with Gasteiger partial charge in [-0.15, -0.1) is 0 Å². The van der Waals surface area contributed by atoms with Crippen molar-refractivity contribution >= 4 is 11.8 Å². The monoisotopic (exact) mass is 210 g/mol. The van der Waals surface area contributed by atoms with Crippen molar-refractivity contribution in [1.29, 1.82) is 0 Å². The number of Topliss-reactive ketones (excluding diaryl/α,β-unsaturated/α-hetero) is 1. The van der Waals surface area contributed by atoms with Crippen molar-refractivity contribution in [3.8, 4) is 0 Å². The van der Waals surface area contributed by atoms with Gasteiger partial charge in [-0.1, -0.05) is 0 Å². The molecule has 3 heteroatoms. The molecule has 0 aromatic heterocycles. The van der Waals surface area contributed by atoms with E-state index < -0.39 is 11.0 Å². The van der Waals surface area contributed by atoms with E-state index in [2.05, 4.69) is 0 Å². The van der Waals surface area contributed by atoms with Crippen molar-refractivity contribution < 1.29 is 14.3 Å². The van der Waals surface area contributed by atoms with Crippen molar-refractivity contribution in [2.24, 2.45) is 11.3 Å². The first-order valence-electron chi connectivity index (χ1n) is 5.63. The smallest absolute Gasteiger partial charge is 0.320 e. The zero-order valence-corrected chi connectivity index (χ0v) is 9.63. The van der Waals surface area contributed by atoms with Crippen LogP contribution in [0.5, 0.6) is 0 Å². The Morgan fingerprint density at radius 1 is 1.20 bits per heavy atom. The van der Waals surface area contributed by atoms with Crippen LogP contribution in [0.4, 0.5) is 0 Å². The topological polar surface area (TPSA) is 43.4 Å². The molecule has 2 fully saturated rings. The van der Waals surface area contributed by atoms with Gasteiger partial charge >= 0.3 is 5.97 Å². The van der Waals surface area contributed by atoms with E-state index in [0.717, 1.165) is 12.8 Å². The maximum Gasteiger partial charge on any atom is 0.320 e. The molecule has 0 bridgehead atoms. The van der Waals surface area contributed by atoms with Gasteiger partial charge in [-0.05, 0) is 46.5 Å². The molecule has 0 radical (unpaired) electrons. The second-order valence-corrected chi connectivity index (χ2v) is 5.72. The van der Waals surface area contributed by atoms with Gasteiger partial charge in [0.1, 0.15) is 11.0 Å². The van der Waals surface area contributed by atoms with Crippen LogP contribution in [0.1, 0.15) is 46.5 Å². The summed E-state index contributed by atoms with van der Waals surface area (Å²) >= 11 is 0. The zero-order valence-electron chi connectivity index (χ0n) is 9.63. The lowest BCUT2D eigenvalue weighted by Crippen LogP contribution is -2.34. The molecule has 0 spiro atoms. The van der Waals surface area contributed by atoms with Gasteiger partial charge < -0.3 is 4.74 Å². The standard InChI is InChI=1S/C12H18O3/c1-11(2,3)15-10(14)12(6-7-12)9(13)8-4-5-8/h8H,4-7H2,1-3H3. The molecule has 0 aromatic carbocycles. The van der Waals surface area contributed by atoms with Crippen molar-refractivity contribution in [3.05, 3.63) is 0 Å². The number of ketones is 1. The second kappa shape index (κ2) is 3.06. The summed E-state index contributed by atoms with van der Waals surface area (Å²) in [5.41, 5.74) is -1.23. The Balaban J connectivity index is 2.03. The quantitative estimate of drug-likeness (QED) is 0.529. The highest BCUT2D eigenvalue weighted by Crippen LogP contribution is 2.53. The molecule has 2 aliphatic rings. The van der Waals surface area contributed by atoms with Crippen LogP contribution < -0.4 is 0 Å². The fraction of sp³-hybridized carbons (Fsp3) is 0.833. The summed E-state index contributed by atoms with van der Waals surface area (Å²) in [5, 5.41) is 0. The third kappa shape index (κ3) is 2.06. The Morgan fingerprint density at radius 3 is 2.07 bits per heavy atom. The van der Waals surface area contributed by atoms with E-state index >= 15 is 0 Å². The maximum atomic E-state index is 11.9. The average molecular weight is 210 g/mol. The van der Waals surface area contributed by atoms with E-state index in [1.54, 1.807) is 0 Å². The van der Waals surface area contributed by atoms with Crippen LogP contribution in [0.25, 0.3) is 0 Å². The predicted octanol–water partition coefficient (Wildman–Crippen LogP) is 2.09. The summed E-state index contributed by atoms with van der Waals surface area (Å²) in [7, 11) is 0. The number of rotatable bonds is 3. The fourth-order valence-electron chi connectivity index (χ4n) is 1.79. The number of hydrogen-bond donors (Lipinski definition) is 0. The SMILES string of the molecule is CC(C)(C)OC(=O)C1(C(=O)C2CC2)CC1. The molecular formula is C12H18O3. The van der Waals surface area contributed by atoms with E-state index in [9.17, 15) is 9.59 Å². The van der Waals surface area contributed by atoms with Crippen LogP contribution in [0.15, 0.2) is 0 Å². The summed E-state index contributed by atoms with van der Waals surface area (Å²) in [6.45, 7) is 5.51. The van der Waals surface area contributed by atoms with Gasteiger partial charge in [-0.25, -0.2) is 0 Å². The molecule has 2 rings (SSSR count). The van der Waals surface area contributed by atoms with Crippen LogP contribution in [0.2, 0.25) is 0 Å². The van der Waals surface area contributed by atoms with Crippen LogP contribution in [0.3, 0.4) is 0 Å². The molecule has 3 nitrogen and oxygen atoms in total. The Kier molecular flexibility index (Phi) is 2.18. The molecule has 2 saturated carbocycles. The Bertz CT molecular complexity index is 303. The van der Waals surface area contributed by atoms with E-state index in [4.69, 9.17) is 4.74 Å². The Morgan fingerprint density at radius 2 is 1.73 bits per heavy atom. The van der Waals surface area contributed by atoms with Gasteiger partial charge in [0.25, 0.3) is 0 Å². The molecule has 0 heterocycles. The summed E-state index contributed by atoms with van der Waals surface area (Å²) in [6.07, 6.45) is 3.31. The highest BCUT2D eigenvalue weighted by Gasteiger charge is 2.61. The molecule has 0 saturated heterocycles. The lowest BCUT2D eigenvalue weighted by molar-refractivity contribution is -0.164. The normalized spacial score (nSPS) is 23.4. The van der Waals surface area contributed by atoms with Gasteiger partial charge in [0.2, 0.25) is 0 Å². The molecular weight excluding hydrogens is 192 g/mol. The first kappa shape index (κ1) is 10.7. The molecule has 0 atom stereocenters. The predicted molar refractivity (Wildman–Crippen MR) is 55.2 cm³/mol. The Labute approximate surface area is 90.2 Å². The van der Waals surface area contributed by atoms with E-state index in [-0.39, 0.29) is 17.7 Å². The summed E-state index contributed by atoms with van der Waals surface area (Å²) < 4.78 is 5.30. The molecule has 0 N–H and O–H groups in total. The first-order chi connectivity index (χ1) is 6.85. The highest BCUT2D eigenvalue weighted by molar-refractivity contribution is 6.08. The summed E-state index contributed by atoms with van der Waals surface area (Å²) in [6, 6.07) is 0. The minimum Gasteiger partial charge on any atom is -0.459 e. The number of esters is 1. The van der Waals surface area contributed by atoms with E-state index in [0.29, 0.717) is 12.8 Å². The summed E-state index contributed by atoms with van der Waals surface area (Å²) in [5.74, 6) is -0.0105. The Hall–Kier alpha value is -0.860. The van der Waals surface area contributed by atoms with Crippen molar-refractivity contribution in [2.75, 3.05) is 0 Å². The number of carbonyl (C=O) groups is 2. The van der Waals surface area contributed by atoms with Gasteiger partial charge in [-0.3, -0.25) is 9.59 Å². The number of carbonyl (C=O) groups excluding carboxylic acids is 2. The second-order valence-electron chi connectivity index (χ2n) is 5.72. The fourth-order valence-corrected chi connectivity index (χ4v) is 1.79. The largest absolute Gasteiger partial charge is 0.459 e. The van der Waals surface area contributed by atoms with Crippen molar-refractivity contribution in [1.82, 2.24) is 0 Å². The first-order valence-corrected chi connectivity index (χ1v) is 5.63. The molecule has 0 unspecified atom stereocenters. The highest BCUT2D eigenvalue weighted by atomic mass is 16.6. The molecule has 0 amide bonds. The molecule has 0 aromatic rings. The third-order valence-corrected chi connectivity index (χ3v) is 2.96. The third-order valence-electron chi connectivity index (χ3n) is 2.96. The van der Waals surface area contributed by atoms with Crippen LogP contribution in [-0.4, -0.2) is 17.4 Å². The van der Waals surface area contributed by atoms with Crippen molar-refractivity contribution in [2.45, 2.75) is 52.1 Å². The number of hydrogen-bond acceptors (Lipinski definition) is 3. The lowest BCUT2D eigenvalue weighted by atomic mass is 9.97. The maximum absolute atomic E-state index is 11.9. The number of ether oxygens (including phenoxy) is 1. The van der Waals surface area contributed by atoms with Gasteiger partial charge in [-0.2, -0.15) is 0 Å². The van der Waals surface area contributed by atoms with E-state index in [1.807, 2.05) is 20.8 Å². The van der Waals surface area contributed by atoms with Gasteiger partial charge in [0.15, 0.2) is 5.78 Å². The molecule has 15 heavy (non-hydrogen) atoms. The lowest BCUT2D eigenvalue weighted by Gasteiger charge is -2.23. The van der Waals surface area contributed by atoms with Crippen LogP contribution in [-0.2, 0) is 14.3 Å². The van der Waals surface area contributed by atoms with Crippen LogP contribution >= 0.6 is 0 Å². The minimum atomic E-state index is -0.742. The molecule has 84 valence electrons. The zero-order chi connectivity index (χ0) is 11.3. The average Bonchev–Trinajstić information content (AvgIpc) is 2.97. The van der Waals surface area contributed by atoms with Crippen molar-refractivity contribution in [3.63, 3.8) is 0 Å². The van der Waals surface area contributed by atoms with Gasteiger partial charge in [0.05, 0.1) is 0 Å². The molecule has 0 aliphatic heterocycles. The minimum absolute atomic E-state index is 0.136.